The Kier molecular flexibility index (Phi) is 7.20. The summed E-state index contributed by atoms with van der Waals surface area (Å²) in [7, 11) is -2.97. The summed E-state index contributed by atoms with van der Waals surface area (Å²) in [5, 5.41) is 0. The van der Waals surface area contributed by atoms with Crippen molar-refractivity contribution < 1.29 is 26.5 Å². The molecular weight excluding hydrogens is 421 g/mol. The molecule has 1 aliphatic rings. The van der Waals surface area contributed by atoms with E-state index < -0.39 is 15.9 Å². The number of amides is 1. The van der Waals surface area contributed by atoms with Crippen molar-refractivity contribution >= 4 is 16.0 Å². The van der Waals surface area contributed by atoms with Crippen LogP contribution in [0.5, 0.6) is 11.5 Å². The second-order valence-electron chi connectivity index (χ2n) is 8.18. The van der Waals surface area contributed by atoms with E-state index >= 15 is 0 Å². The second-order valence-corrected chi connectivity index (χ2v) is 9.73. The summed E-state index contributed by atoms with van der Waals surface area (Å²) in [4.78, 5) is 14.4. The van der Waals surface area contributed by atoms with E-state index in [9.17, 15) is 17.6 Å². The molecule has 1 aliphatic carbocycles. The number of nitrogens with zero attached hydrogens (tertiary/aromatic N) is 1. The van der Waals surface area contributed by atoms with Gasteiger partial charge in [-0.3, -0.25) is 4.79 Å². The number of para-hydroxylation sites is 1. The molecule has 1 fully saturated rings. The first-order valence-electron chi connectivity index (χ1n) is 10.4. The van der Waals surface area contributed by atoms with Gasteiger partial charge in [-0.1, -0.05) is 38.5 Å². The van der Waals surface area contributed by atoms with Crippen molar-refractivity contribution in [2.45, 2.75) is 44.6 Å². The molecule has 2 aromatic rings. The number of rotatable bonds is 9. The molecular formula is C23H28FNO5S. The number of hydrogen-bond donors (Lipinski definition) is 0. The van der Waals surface area contributed by atoms with Gasteiger partial charge < -0.3 is 13.8 Å². The van der Waals surface area contributed by atoms with Crippen molar-refractivity contribution in [1.82, 2.24) is 4.90 Å². The molecule has 0 saturated heterocycles. The van der Waals surface area contributed by atoms with E-state index in [4.69, 9.17) is 8.92 Å². The maximum atomic E-state index is 14.0. The van der Waals surface area contributed by atoms with Gasteiger partial charge in [0.25, 0.3) is 0 Å². The molecule has 0 spiro atoms. The number of methoxy groups -OCH3 is 1. The first kappa shape index (κ1) is 23.1. The predicted octanol–water partition coefficient (Wildman–Crippen LogP) is 4.39. The largest absolute Gasteiger partial charge is 0.494 e. The summed E-state index contributed by atoms with van der Waals surface area (Å²) in [6.45, 7) is 4.88. The van der Waals surface area contributed by atoms with Crippen LogP contribution in [0.25, 0.3) is 0 Å². The van der Waals surface area contributed by atoms with Crippen LogP contribution in [0.3, 0.4) is 0 Å². The topological polar surface area (TPSA) is 72.9 Å². The van der Waals surface area contributed by atoms with Gasteiger partial charge in [0.05, 0.1) is 7.11 Å². The fourth-order valence-electron chi connectivity index (χ4n) is 3.48. The Balaban J connectivity index is 1.85. The predicted molar refractivity (Wildman–Crippen MR) is 115 cm³/mol. The maximum Gasteiger partial charge on any atom is 0.339 e. The summed E-state index contributed by atoms with van der Waals surface area (Å²) in [6.07, 6.45) is 2.84. The summed E-state index contributed by atoms with van der Waals surface area (Å²) in [5.74, 6) is -0.336. The number of hydrogen-bond acceptors (Lipinski definition) is 5. The molecule has 0 atom stereocenters. The minimum Gasteiger partial charge on any atom is -0.494 e. The summed E-state index contributed by atoms with van der Waals surface area (Å²) >= 11 is 0. The van der Waals surface area contributed by atoms with E-state index in [2.05, 4.69) is 0 Å². The number of ether oxygens (including phenoxy) is 1. The van der Waals surface area contributed by atoms with Gasteiger partial charge in [0.2, 0.25) is 5.91 Å². The number of benzene rings is 2. The number of carbonyl (C=O) groups is 1. The van der Waals surface area contributed by atoms with Gasteiger partial charge in [-0.25, -0.2) is 4.39 Å². The Hall–Kier alpha value is -2.61. The SMILES string of the molecule is COc1ccc(S(=O)(=O)Oc2ccccc2CN(CC(C)C)C(=O)C2CCC2)cc1F. The fourth-order valence-corrected chi connectivity index (χ4v) is 4.45. The smallest absolute Gasteiger partial charge is 0.339 e. The quantitative estimate of drug-likeness (QED) is 0.531. The lowest BCUT2D eigenvalue weighted by Crippen LogP contribution is -2.40. The molecule has 31 heavy (non-hydrogen) atoms. The maximum absolute atomic E-state index is 14.0. The van der Waals surface area contributed by atoms with E-state index in [0.29, 0.717) is 12.1 Å². The molecule has 8 heteroatoms. The third kappa shape index (κ3) is 5.55. The standard InChI is InChI=1S/C23H28FNO5S/c1-16(2)14-25(23(26)17-8-6-9-17)15-18-7-4-5-10-21(18)30-31(27,28)19-11-12-22(29-3)20(24)13-19/h4-5,7,10-13,16-17H,6,8-9,14-15H2,1-3H3. The minimum atomic E-state index is -4.27. The van der Waals surface area contributed by atoms with Gasteiger partial charge in [0.1, 0.15) is 10.6 Å². The molecule has 6 nitrogen and oxygen atoms in total. The summed E-state index contributed by atoms with van der Waals surface area (Å²) in [6, 6.07) is 10.0. The Bertz CT molecular complexity index is 1030. The van der Waals surface area contributed by atoms with E-state index in [1.165, 1.54) is 25.3 Å². The molecule has 0 N–H and O–H groups in total. The van der Waals surface area contributed by atoms with Crippen LogP contribution in [0, 0.1) is 17.7 Å². The average Bonchev–Trinajstić information content (AvgIpc) is 2.67. The monoisotopic (exact) mass is 449 g/mol. The fraction of sp³-hybridized carbons (Fsp3) is 0.435. The number of carbonyl (C=O) groups excluding carboxylic acids is 1. The first-order chi connectivity index (χ1) is 14.7. The molecule has 0 heterocycles. The highest BCUT2D eigenvalue weighted by Gasteiger charge is 2.30. The first-order valence-corrected chi connectivity index (χ1v) is 11.8. The Morgan fingerprint density at radius 2 is 1.87 bits per heavy atom. The van der Waals surface area contributed by atoms with Gasteiger partial charge in [-0.2, -0.15) is 8.42 Å². The normalized spacial score (nSPS) is 14.2. The lowest BCUT2D eigenvalue weighted by atomic mass is 9.84. The zero-order chi connectivity index (χ0) is 22.6. The van der Waals surface area contributed by atoms with Crippen molar-refractivity contribution in [2.75, 3.05) is 13.7 Å². The molecule has 0 unspecified atom stereocenters. The molecule has 0 aromatic heterocycles. The molecule has 0 bridgehead atoms. The van der Waals surface area contributed by atoms with Gasteiger partial charge in [0.15, 0.2) is 11.6 Å². The molecule has 1 saturated carbocycles. The molecule has 0 aliphatic heterocycles. The zero-order valence-electron chi connectivity index (χ0n) is 18.0. The third-order valence-electron chi connectivity index (χ3n) is 5.30. The minimum absolute atomic E-state index is 0.0397. The van der Waals surface area contributed by atoms with Gasteiger partial charge >= 0.3 is 10.1 Å². The highest BCUT2D eigenvalue weighted by molar-refractivity contribution is 7.87. The van der Waals surface area contributed by atoms with Crippen molar-refractivity contribution in [2.24, 2.45) is 11.8 Å². The average molecular weight is 450 g/mol. The third-order valence-corrected chi connectivity index (χ3v) is 6.53. The zero-order valence-corrected chi connectivity index (χ0v) is 18.8. The van der Waals surface area contributed by atoms with Crippen LogP contribution in [0.15, 0.2) is 47.4 Å². The van der Waals surface area contributed by atoms with Crippen LogP contribution < -0.4 is 8.92 Å². The van der Waals surface area contributed by atoms with Crippen molar-refractivity contribution in [3.8, 4) is 11.5 Å². The van der Waals surface area contributed by atoms with Crippen LogP contribution in [0.2, 0.25) is 0 Å². The molecule has 168 valence electrons. The van der Waals surface area contributed by atoms with Crippen LogP contribution in [-0.2, 0) is 21.5 Å². The molecule has 1 amide bonds. The highest BCUT2D eigenvalue weighted by atomic mass is 32.2. The van der Waals surface area contributed by atoms with E-state index in [-0.39, 0.29) is 40.7 Å². The van der Waals surface area contributed by atoms with Crippen LogP contribution >= 0.6 is 0 Å². The Morgan fingerprint density at radius 1 is 1.16 bits per heavy atom. The molecule has 3 rings (SSSR count). The Morgan fingerprint density at radius 3 is 2.45 bits per heavy atom. The van der Waals surface area contributed by atoms with Gasteiger partial charge in [0, 0.05) is 24.6 Å². The van der Waals surface area contributed by atoms with Crippen LogP contribution in [-0.4, -0.2) is 32.9 Å². The summed E-state index contributed by atoms with van der Waals surface area (Å²) < 4.78 is 49.7. The highest BCUT2D eigenvalue weighted by Crippen LogP contribution is 2.31. The van der Waals surface area contributed by atoms with E-state index in [0.717, 1.165) is 25.3 Å². The van der Waals surface area contributed by atoms with Crippen LogP contribution in [0.1, 0.15) is 38.7 Å². The van der Waals surface area contributed by atoms with Crippen molar-refractivity contribution in [1.29, 1.82) is 0 Å². The van der Waals surface area contributed by atoms with Gasteiger partial charge in [-0.15, -0.1) is 0 Å². The van der Waals surface area contributed by atoms with Crippen molar-refractivity contribution in [3.05, 3.63) is 53.8 Å². The number of halogens is 1. The second kappa shape index (κ2) is 9.68. The summed E-state index contributed by atoms with van der Waals surface area (Å²) in [5.41, 5.74) is 0.577. The lowest BCUT2D eigenvalue weighted by Gasteiger charge is -2.33. The van der Waals surface area contributed by atoms with Gasteiger partial charge in [-0.05, 0) is 43.0 Å². The lowest BCUT2D eigenvalue weighted by molar-refractivity contribution is -0.139. The Labute approximate surface area is 183 Å². The molecule has 2 aromatic carbocycles. The van der Waals surface area contributed by atoms with Crippen molar-refractivity contribution in [3.63, 3.8) is 0 Å². The van der Waals surface area contributed by atoms with Crippen LogP contribution in [0.4, 0.5) is 4.39 Å². The van der Waals surface area contributed by atoms with E-state index in [1.54, 1.807) is 23.1 Å². The molecule has 0 radical (unpaired) electrons. The van der Waals surface area contributed by atoms with E-state index in [1.807, 2.05) is 13.8 Å².